The minimum Gasteiger partial charge on any atom is -0.354 e. The van der Waals surface area contributed by atoms with Crippen LogP contribution in [0.5, 0.6) is 0 Å². The molecule has 0 aromatic rings. The molecule has 0 radical (unpaired) electrons. The maximum absolute atomic E-state index is 11.9. The van der Waals surface area contributed by atoms with Gasteiger partial charge in [0, 0.05) is 6.54 Å². The van der Waals surface area contributed by atoms with Crippen LogP contribution in [-0.2, 0) is 9.59 Å². The van der Waals surface area contributed by atoms with Crippen LogP contribution in [-0.4, -0.2) is 43.2 Å². The normalized spacial score (nSPS) is 14.8. The fraction of sp³-hybridized carbons (Fsp3) is 0.833. The summed E-state index contributed by atoms with van der Waals surface area (Å²) in [4.78, 5) is 23.0. The van der Waals surface area contributed by atoms with E-state index in [0.29, 0.717) is 12.5 Å². The Balaban J connectivity index is 4.14. The predicted octanol–water partition coefficient (Wildman–Crippen LogP) is 0.804. The van der Waals surface area contributed by atoms with Gasteiger partial charge in [-0.3, -0.25) is 14.9 Å². The molecule has 0 aliphatic heterocycles. The average molecular weight is 297 g/mol. The molecule has 0 fully saturated rings. The lowest BCUT2D eigenvalue weighted by Crippen LogP contribution is -2.52. The summed E-state index contributed by atoms with van der Waals surface area (Å²) in [6.07, 6.45) is -4.45. The lowest BCUT2D eigenvalue weighted by Gasteiger charge is -2.20. The summed E-state index contributed by atoms with van der Waals surface area (Å²) in [5.41, 5.74) is 0. The molecule has 3 N–H and O–H groups in total. The molecule has 0 spiro atoms. The molecule has 20 heavy (non-hydrogen) atoms. The Morgan fingerprint density at radius 3 is 1.80 bits per heavy atom. The van der Waals surface area contributed by atoms with Crippen LogP contribution >= 0.6 is 0 Å². The van der Waals surface area contributed by atoms with Gasteiger partial charge >= 0.3 is 6.18 Å². The predicted molar refractivity (Wildman–Crippen MR) is 69.0 cm³/mol. The van der Waals surface area contributed by atoms with Crippen molar-refractivity contribution in [3.8, 4) is 0 Å². The smallest absolute Gasteiger partial charge is 0.354 e. The van der Waals surface area contributed by atoms with Gasteiger partial charge in [-0.05, 0) is 19.8 Å². The number of amides is 2. The molecule has 0 heterocycles. The molecular formula is C12H22F3N3O2. The number of hydrogen-bond acceptors (Lipinski definition) is 3. The van der Waals surface area contributed by atoms with Crippen LogP contribution in [0.4, 0.5) is 13.2 Å². The molecule has 8 heteroatoms. The summed E-state index contributed by atoms with van der Waals surface area (Å²) in [6, 6.07) is -1.56. The lowest BCUT2D eigenvalue weighted by molar-refractivity contribution is -0.139. The third-order valence-electron chi connectivity index (χ3n) is 2.43. The number of carbonyl (C=O) groups is 2. The molecule has 0 saturated heterocycles. The van der Waals surface area contributed by atoms with E-state index in [1.54, 1.807) is 12.2 Å². The quantitative estimate of drug-likeness (QED) is 0.651. The van der Waals surface area contributed by atoms with Gasteiger partial charge in [-0.25, -0.2) is 0 Å². The van der Waals surface area contributed by atoms with Crippen LogP contribution in [0.25, 0.3) is 0 Å². The van der Waals surface area contributed by atoms with Crippen LogP contribution < -0.4 is 16.0 Å². The molecule has 2 unspecified atom stereocenters. The molecule has 0 aliphatic rings. The lowest BCUT2D eigenvalue weighted by atomic mass is 10.2. The topological polar surface area (TPSA) is 70.2 Å². The van der Waals surface area contributed by atoms with Crippen LogP contribution in [0.1, 0.15) is 27.7 Å². The van der Waals surface area contributed by atoms with Crippen molar-refractivity contribution in [3.63, 3.8) is 0 Å². The van der Waals surface area contributed by atoms with Crippen molar-refractivity contribution in [2.45, 2.75) is 46.0 Å². The van der Waals surface area contributed by atoms with Crippen molar-refractivity contribution < 1.29 is 22.8 Å². The Hall–Kier alpha value is -1.31. The Labute approximate surface area is 116 Å². The zero-order valence-electron chi connectivity index (χ0n) is 12.1. The van der Waals surface area contributed by atoms with Gasteiger partial charge in [0.25, 0.3) is 0 Å². The monoisotopic (exact) mass is 297 g/mol. The largest absolute Gasteiger partial charge is 0.405 e. The van der Waals surface area contributed by atoms with Crippen LogP contribution in [0, 0.1) is 5.92 Å². The summed E-state index contributed by atoms with van der Waals surface area (Å²) in [7, 11) is 0. The van der Waals surface area contributed by atoms with Gasteiger partial charge in [0.2, 0.25) is 11.8 Å². The molecule has 2 atom stereocenters. The van der Waals surface area contributed by atoms with Gasteiger partial charge < -0.3 is 10.6 Å². The highest BCUT2D eigenvalue weighted by atomic mass is 19.4. The maximum atomic E-state index is 11.9. The van der Waals surface area contributed by atoms with Crippen molar-refractivity contribution in [1.29, 1.82) is 0 Å². The molecule has 0 bridgehead atoms. The van der Waals surface area contributed by atoms with Crippen molar-refractivity contribution in [2.24, 2.45) is 5.92 Å². The number of alkyl halides is 3. The molecule has 0 rings (SSSR count). The number of rotatable bonds is 7. The van der Waals surface area contributed by atoms with E-state index >= 15 is 0 Å². The Kier molecular flexibility index (Phi) is 7.55. The second kappa shape index (κ2) is 8.08. The van der Waals surface area contributed by atoms with Gasteiger partial charge in [0.1, 0.15) is 6.54 Å². The summed E-state index contributed by atoms with van der Waals surface area (Å²) in [5, 5.41) is 7.08. The number of carbonyl (C=O) groups excluding carboxylic acids is 2. The van der Waals surface area contributed by atoms with Gasteiger partial charge in [-0.1, -0.05) is 13.8 Å². The molecule has 118 valence electrons. The van der Waals surface area contributed by atoms with E-state index in [4.69, 9.17) is 0 Å². The first-order valence-corrected chi connectivity index (χ1v) is 6.41. The molecule has 2 amide bonds. The Morgan fingerprint density at radius 1 is 0.950 bits per heavy atom. The molecule has 0 aromatic carbocycles. The van der Waals surface area contributed by atoms with Gasteiger partial charge in [0.05, 0.1) is 12.1 Å². The number of hydrogen-bond donors (Lipinski definition) is 3. The van der Waals surface area contributed by atoms with Crippen LogP contribution in [0.2, 0.25) is 0 Å². The zero-order chi connectivity index (χ0) is 15.9. The molecule has 0 saturated carbocycles. The first-order chi connectivity index (χ1) is 9.03. The molecule has 0 aliphatic carbocycles. The van der Waals surface area contributed by atoms with Crippen LogP contribution in [0.15, 0.2) is 0 Å². The Bertz CT molecular complexity index is 332. The van der Waals surface area contributed by atoms with Crippen molar-refractivity contribution in [1.82, 2.24) is 16.0 Å². The first kappa shape index (κ1) is 18.7. The van der Waals surface area contributed by atoms with E-state index in [2.05, 4.69) is 10.6 Å². The molecule has 5 nitrogen and oxygen atoms in total. The molecular weight excluding hydrogens is 275 g/mol. The number of nitrogens with one attached hydrogen (secondary N) is 3. The van der Waals surface area contributed by atoms with Gasteiger partial charge in [-0.15, -0.1) is 0 Å². The highest BCUT2D eigenvalue weighted by Gasteiger charge is 2.29. The fourth-order valence-corrected chi connectivity index (χ4v) is 1.32. The van der Waals surface area contributed by atoms with Crippen LogP contribution in [0.3, 0.4) is 0 Å². The zero-order valence-corrected chi connectivity index (χ0v) is 12.1. The SMILES string of the molecule is CC(C)CNC(=O)C(C)NC(C)C(=O)NCC(F)(F)F. The summed E-state index contributed by atoms with van der Waals surface area (Å²) in [6.45, 7) is 5.93. The minimum atomic E-state index is -4.45. The van der Waals surface area contributed by atoms with Crippen molar-refractivity contribution in [3.05, 3.63) is 0 Å². The Morgan fingerprint density at radius 2 is 1.40 bits per heavy atom. The maximum Gasteiger partial charge on any atom is 0.405 e. The van der Waals surface area contributed by atoms with E-state index in [1.807, 2.05) is 13.8 Å². The van der Waals surface area contributed by atoms with Crippen molar-refractivity contribution >= 4 is 11.8 Å². The van der Waals surface area contributed by atoms with E-state index in [0.717, 1.165) is 0 Å². The van der Waals surface area contributed by atoms with E-state index in [9.17, 15) is 22.8 Å². The summed E-state index contributed by atoms with van der Waals surface area (Å²) >= 11 is 0. The summed E-state index contributed by atoms with van der Waals surface area (Å²) < 4.78 is 35.8. The highest BCUT2D eigenvalue weighted by Crippen LogP contribution is 2.12. The second-order valence-corrected chi connectivity index (χ2v) is 5.08. The van der Waals surface area contributed by atoms with E-state index in [1.165, 1.54) is 6.92 Å². The summed E-state index contributed by atoms with van der Waals surface area (Å²) in [5.74, 6) is -0.807. The second-order valence-electron chi connectivity index (χ2n) is 5.08. The van der Waals surface area contributed by atoms with Crippen molar-refractivity contribution in [2.75, 3.05) is 13.1 Å². The minimum absolute atomic E-state index is 0.290. The van der Waals surface area contributed by atoms with E-state index < -0.39 is 30.7 Å². The average Bonchev–Trinajstić information content (AvgIpc) is 2.31. The third kappa shape index (κ3) is 8.73. The fourth-order valence-electron chi connectivity index (χ4n) is 1.32. The third-order valence-corrected chi connectivity index (χ3v) is 2.43. The van der Waals surface area contributed by atoms with Gasteiger partial charge in [-0.2, -0.15) is 13.2 Å². The van der Waals surface area contributed by atoms with E-state index in [-0.39, 0.29) is 5.91 Å². The first-order valence-electron chi connectivity index (χ1n) is 6.41. The number of halogens is 3. The molecule has 0 aromatic heterocycles. The standard InChI is InChI=1S/C12H22F3N3O2/c1-7(2)5-16-10(19)8(3)18-9(4)11(20)17-6-12(13,14)15/h7-9,18H,5-6H2,1-4H3,(H,16,19)(H,17,20). The highest BCUT2D eigenvalue weighted by molar-refractivity contribution is 5.84. The van der Waals surface area contributed by atoms with Gasteiger partial charge in [0.15, 0.2) is 0 Å².